The number of pyridine rings is 1. The normalized spacial score (nSPS) is 11.9. The summed E-state index contributed by atoms with van der Waals surface area (Å²) in [5.41, 5.74) is 0.500. The van der Waals surface area contributed by atoms with Gasteiger partial charge in [-0.05, 0) is 18.6 Å². The Morgan fingerprint density at radius 3 is 2.87 bits per heavy atom. The molecule has 1 aromatic rings. The highest BCUT2D eigenvalue weighted by atomic mass is 16.3. The van der Waals surface area contributed by atoms with Gasteiger partial charge in [-0.25, -0.2) is 0 Å². The van der Waals surface area contributed by atoms with Crippen molar-refractivity contribution in [1.29, 1.82) is 0 Å². The molecule has 1 unspecified atom stereocenters. The first kappa shape index (κ1) is 11.3. The Hall–Kier alpha value is -1.78. The Bertz CT molecular complexity index is 340. The predicted molar refractivity (Wildman–Crippen MR) is 56.2 cm³/mol. The molecule has 0 N–H and O–H groups in total. The van der Waals surface area contributed by atoms with Crippen LogP contribution in [0.25, 0.3) is 0 Å². The zero-order valence-electron chi connectivity index (χ0n) is 8.75. The molecule has 1 heterocycles. The summed E-state index contributed by atoms with van der Waals surface area (Å²) in [7, 11) is 1.50. The van der Waals surface area contributed by atoms with Gasteiger partial charge in [0, 0.05) is 25.0 Å². The number of hydrogen-bond acceptors (Lipinski definition) is 4. The minimum atomic E-state index is -0.508. The zero-order valence-corrected chi connectivity index (χ0v) is 8.75. The molecule has 0 aliphatic rings. The lowest BCUT2D eigenvalue weighted by Gasteiger charge is -2.19. The third-order valence-corrected chi connectivity index (χ3v) is 2.22. The first-order chi connectivity index (χ1) is 7.20. The van der Waals surface area contributed by atoms with Gasteiger partial charge in [0.05, 0.1) is 5.29 Å². The average Bonchev–Trinajstić information content (AvgIpc) is 2.30. The predicted octanol–water partition coefficient (Wildman–Crippen LogP) is 1.66. The average molecular weight is 207 g/mol. The van der Waals surface area contributed by atoms with Crippen LogP contribution < -0.4 is 0 Å². The second-order valence-electron chi connectivity index (χ2n) is 3.19. The summed E-state index contributed by atoms with van der Waals surface area (Å²) in [5, 5.41) is 3.88. The Labute approximate surface area is 88.1 Å². The minimum Gasteiger partial charge on any atom is -0.292 e. The SMILES string of the molecule is CCC(C(=O)c1cccnc1)N(C)N=O. The van der Waals surface area contributed by atoms with Gasteiger partial charge in [0.25, 0.3) is 0 Å². The number of nitroso groups, excluding NO2 is 1. The van der Waals surface area contributed by atoms with E-state index in [1.54, 1.807) is 18.3 Å². The quantitative estimate of drug-likeness (QED) is 0.418. The number of likely N-dealkylation sites (N-methyl/N-ethyl adjacent to an activating group) is 1. The summed E-state index contributed by atoms with van der Waals surface area (Å²) in [6, 6.07) is 2.86. The number of carbonyl (C=O) groups is 1. The van der Waals surface area contributed by atoms with Crippen molar-refractivity contribution < 1.29 is 4.79 Å². The molecule has 0 saturated carbocycles. The first-order valence-electron chi connectivity index (χ1n) is 4.71. The van der Waals surface area contributed by atoms with Gasteiger partial charge >= 0.3 is 0 Å². The van der Waals surface area contributed by atoms with E-state index in [2.05, 4.69) is 10.3 Å². The lowest BCUT2D eigenvalue weighted by molar-refractivity contribution is 0.0847. The summed E-state index contributed by atoms with van der Waals surface area (Å²) in [6.45, 7) is 1.83. The van der Waals surface area contributed by atoms with E-state index in [-0.39, 0.29) is 5.78 Å². The molecule has 0 aliphatic carbocycles. The van der Waals surface area contributed by atoms with E-state index in [0.717, 1.165) is 5.01 Å². The maximum Gasteiger partial charge on any atom is 0.188 e. The summed E-state index contributed by atoms with van der Waals surface area (Å²) in [6.07, 6.45) is 3.62. The summed E-state index contributed by atoms with van der Waals surface area (Å²) >= 11 is 0. The largest absolute Gasteiger partial charge is 0.292 e. The molecule has 0 bridgehead atoms. The van der Waals surface area contributed by atoms with Gasteiger partial charge in [-0.3, -0.25) is 14.8 Å². The molecule has 0 spiro atoms. The van der Waals surface area contributed by atoms with Crippen LogP contribution in [0.2, 0.25) is 0 Å². The van der Waals surface area contributed by atoms with Crippen LogP contribution in [-0.4, -0.2) is 28.9 Å². The molecular formula is C10H13N3O2. The topological polar surface area (TPSA) is 62.6 Å². The van der Waals surface area contributed by atoms with Crippen LogP contribution in [-0.2, 0) is 0 Å². The van der Waals surface area contributed by atoms with Crippen molar-refractivity contribution in [2.24, 2.45) is 5.29 Å². The van der Waals surface area contributed by atoms with Crippen molar-refractivity contribution in [3.63, 3.8) is 0 Å². The molecule has 80 valence electrons. The smallest absolute Gasteiger partial charge is 0.188 e. The van der Waals surface area contributed by atoms with E-state index in [1.165, 1.54) is 13.2 Å². The van der Waals surface area contributed by atoms with Crippen molar-refractivity contribution in [2.75, 3.05) is 7.05 Å². The summed E-state index contributed by atoms with van der Waals surface area (Å²) in [5.74, 6) is -0.132. The second-order valence-corrected chi connectivity index (χ2v) is 3.19. The minimum absolute atomic E-state index is 0.132. The van der Waals surface area contributed by atoms with Crippen LogP contribution in [0.3, 0.4) is 0 Å². The van der Waals surface area contributed by atoms with Crippen LogP contribution in [0, 0.1) is 4.91 Å². The van der Waals surface area contributed by atoms with Crippen molar-refractivity contribution in [2.45, 2.75) is 19.4 Å². The maximum atomic E-state index is 11.9. The van der Waals surface area contributed by atoms with E-state index in [0.29, 0.717) is 12.0 Å². The molecule has 0 amide bonds. The van der Waals surface area contributed by atoms with Gasteiger partial charge in [-0.15, -0.1) is 4.91 Å². The fourth-order valence-electron chi connectivity index (χ4n) is 1.38. The number of nitrogens with zero attached hydrogens (tertiary/aromatic N) is 3. The van der Waals surface area contributed by atoms with Crippen molar-refractivity contribution >= 4 is 5.78 Å². The first-order valence-corrected chi connectivity index (χ1v) is 4.71. The van der Waals surface area contributed by atoms with Crippen LogP contribution >= 0.6 is 0 Å². The van der Waals surface area contributed by atoms with E-state index in [4.69, 9.17) is 0 Å². The fourth-order valence-corrected chi connectivity index (χ4v) is 1.38. The third kappa shape index (κ3) is 2.59. The molecule has 15 heavy (non-hydrogen) atoms. The molecule has 0 aliphatic heterocycles. The van der Waals surface area contributed by atoms with Crippen molar-refractivity contribution in [1.82, 2.24) is 9.99 Å². The second kappa shape index (κ2) is 5.19. The number of ketones is 1. The van der Waals surface area contributed by atoms with Gasteiger partial charge in [0.15, 0.2) is 5.78 Å². The fraction of sp³-hybridized carbons (Fsp3) is 0.400. The molecule has 0 fully saturated rings. The highest BCUT2D eigenvalue weighted by molar-refractivity contribution is 5.99. The number of carbonyl (C=O) groups excluding carboxylic acids is 1. The standard InChI is InChI=1S/C10H13N3O2/c1-3-9(13(2)12-15)10(14)8-5-4-6-11-7-8/h4-7,9H,3H2,1-2H3. The molecule has 5 heteroatoms. The molecule has 1 aromatic heterocycles. The van der Waals surface area contributed by atoms with Crippen LogP contribution in [0.1, 0.15) is 23.7 Å². The highest BCUT2D eigenvalue weighted by Gasteiger charge is 2.22. The lowest BCUT2D eigenvalue weighted by atomic mass is 10.0. The molecule has 0 aromatic carbocycles. The summed E-state index contributed by atoms with van der Waals surface area (Å²) < 4.78 is 0. The molecular weight excluding hydrogens is 194 g/mol. The van der Waals surface area contributed by atoms with Gasteiger partial charge in [-0.2, -0.15) is 0 Å². The number of Topliss-reactive ketones (excluding diaryl/α,β-unsaturated/α-hetero) is 1. The molecule has 0 saturated heterocycles. The Balaban J connectivity index is 2.87. The van der Waals surface area contributed by atoms with Crippen molar-refractivity contribution in [3.8, 4) is 0 Å². The zero-order chi connectivity index (χ0) is 11.3. The summed E-state index contributed by atoms with van der Waals surface area (Å²) in [4.78, 5) is 26.1. The number of aromatic nitrogens is 1. The van der Waals surface area contributed by atoms with Gasteiger partial charge < -0.3 is 0 Å². The van der Waals surface area contributed by atoms with Crippen LogP contribution in [0.15, 0.2) is 29.8 Å². The van der Waals surface area contributed by atoms with E-state index >= 15 is 0 Å². The Morgan fingerprint density at radius 2 is 2.40 bits per heavy atom. The van der Waals surface area contributed by atoms with Gasteiger partial charge in [-0.1, -0.05) is 6.92 Å². The van der Waals surface area contributed by atoms with Crippen LogP contribution in [0.5, 0.6) is 0 Å². The molecule has 1 rings (SSSR count). The van der Waals surface area contributed by atoms with Gasteiger partial charge in [0.1, 0.15) is 6.04 Å². The monoisotopic (exact) mass is 207 g/mol. The highest BCUT2D eigenvalue weighted by Crippen LogP contribution is 2.10. The Morgan fingerprint density at radius 1 is 1.67 bits per heavy atom. The maximum absolute atomic E-state index is 11.9. The lowest BCUT2D eigenvalue weighted by Crippen LogP contribution is -2.34. The van der Waals surface area contributed by atoms with Gasteiger partial charge in [0.2, 0.25) is 0 Å². The molecule has 5 nitrogen and oxygen atoms in total. The van der Waals surface area contributed by atoms with E-state index < -0.39 is 6.04 Å². The number of rotatable bonds is 5. The molecule has 1 atom stereocenters. The van der Waals surface area contributed by atoms with Crippen molar-refractivity contribution in [3.05, 3.63) is 35.0 Å². The Kier molecular flexibility index (Phi) is 3.91. The molecule has 0 radical (unpaired) electrons. The van der Waals surface area contributed by atoms with E-state index in [9.17, 15) is 9.70 Å². The van der Waals surface area contributed by atoms with Crippen LogP contribution in [0.4, 0.5) is 0 Å². The number of hydrogen-bond donors (Lipinski definition) is 0. The third-order valence-electron chi connectivity index (χ3n) is 2.22. The van der Waals surface area contributed by atoms with E-state index in [1.807, 2.05) is 6.92 Å².